The van der Waals surface area contributed by atoms with Crippen molar-refractivity contribution in [3.63, 3.8) is 0 Å². The second kappa shape index (κ2) is 6.42. The number of nitrogens with zero attached hydrogens (tertiary/aromatic N) is 4. The van der Waals surface area contributed by atoms with Crippen LogP contribution in [0, 0.1) is 0 Å². The first-order valence-corrected chi connectivity index (χ1v) is 6.81. The maximum Gasteiger partial charge on any atom is 0.248 e. The van der Waals surface area contributed by atoms with Crippen molar-refractivity contribution in [1.29, 1.82) is 0 Å². The summed E-state index contributed by atoms with van der Waals surface area (Å²) in [6, 6.07) is 0. The molecule has 1 saturated heterocycles. The van der Waals surface area contributed by atoms with Gasteiger partial charge in [-0.3, -0.25) is 9.69 Å². The van der Waals surface area contributed by atoms with Gasteiger partial charge < -0.3 is 9.64 Å². The van der Waals surface area contributed by atoms with E-state index in [1.54, 1.807) is 0 Å². The van der Waals surface area contributed by atoms with E-state index in [0.717, 1.165) is 31.9 Å². The average molecular weight is 291 g/mol. The molecular weight excluding hydrogens is 276 g/mol. The van der Waals surface area contributed by atoms with Crippen LogP contribution >= 0.6 is 23.1 Å². The van der Waals surface area contributed by atoms with Crippen molar-refractivity contribution in [2.45, 2.75) is 6.54 Å². The van der Waals surface area contributed by atoms with E-state index in [9.17, 15) is 4.79 Å². The minimum atomic E-state index is 0.0468. The Morgan fingerprint density at radius 2 is 2.17 bits per heavy atom. The molecule has 0 bridgehead atoms. The van der Waals surface area contributed by atoms with E-state index in [1.165, 1.54) is 18.6 Å². The maximum absolute atomic E-state index is 11.6. The number of hydrogen-bond acceptors (Lipinski definition) is 6. The average Bonchev–Trinajstić information content (AvgIpc) is 2.76. The highest BCUT2D eigenvalue weighted by Gasteiger charge is 2.22. The van der Waals surface area contributed by atoms with Gasteiger partial charge in [-0.1, -0.05) is 16.1 Å². The normalized spacial score (nSPS) is 17.1. The molecule has 1 fully saturated rings. The van der Waals surface area contributed by atoms with Crippen molar-refractivity contribution in [3.05, 3.63) is 10.0 Å². The molecule has 0 unspecified atom stereocenters. The Kier molecular flexibility index (Phi) is 4.87. The molecule has 0 aromatic carbocycles. The van der Waals surface area contributed by atoms with Gasteiger partial charge in [0.2, 0.25) is 5.91 Å². The van der Waals surface area contributed by atoms with Crippen LogP contribution in [-0.2, 0) is 16.1 Å². The third-order valence-corrected chi connectivity index (χ3v) is 3.86. The molecule has 6 nitrogen and oxygen atoms in total. The van der Waals surface area contributed by atoms with E-state index in [1.807, 2.05) is 4.90 Å². The predicted molar refractivity (Wildman–Crippen MR) is 68.7 cm³/mol. The van der Waals surface area contributed by atoms with Crippen molar-refractivity contribution in [3.8, 4) is 0 Å². The van der Waals surface area contributed by atoms with Gasteiger partial charge in [0.05, 0.1) is 0 Å². The Morgan fingerprint density at radius 1 is 1.44 bits per heavy atom. The summed E-state index contributed by atoms with van der Waals surface area (Å²) in [5.74, 6) is 0.0468. The lowest BCUT2D eigenvalue weighted by Gasteiger charge is -2.34. The molecule has 1 amide bonds. The van der Waals surface area contributed by atoms with Crippen LogP contribution < -0.4 is 0 Å². The summed E-state index contributed by atoms with van der Waals surface area (Å²) in [5, 5.41) is 3.99. The summed E-state index contributed by atoms with van der Waals surface area (Å²) in [4.78, 5) is 15.7. The van der Waals surface area contributed by atoms with Gasteiger partial charge in [0.15, 0.2) is 0 Å². The molecule has 0 atom stereocenters. The number of piperazine rings is 1. The molecule has 0 N–H and O–H groups in total. The molecule has 2 rings (SSSR count). The number of aromatic nitrogens is 2. The summed E-state index contributed by atoms with van der Waals surface area (Å²) in [6.07, 6.45) is 0. The predicted octanol–water partition coefficient (Wildman–Crippen LogP) is 0.482. The summed E-state index contributed by atoms with van der Waals surface area (Å²) < 4.78 is 9.30. The van der Waals surface area contributed by atoms with Crippen LogP contribution in [0.5, 0.6) is 0 Å². The highest BCUT2D eigenvalue weighted by atomic mass is 35.5. The van der Waals surface area contributed by atoms with Crippen LogP contribution in [0.3, 0.4) is 0 Å². The zero-order valence-electron chi connectivity index (χ0n) is 10.1. The molecule has 2 heterocycles. The second-order valence-electron chi connectivity index (χ2n) is 4.08. The van der Waals surface area contributed by atoms with Gasteiger partial charge in [0, 0.05) is 51.4 Å². The fourth-order valence-corrected chi connectivity index (χ4v) is 2.49. The van der Waals surface area contributed by atoms with E-state index >= 15 is 0 Å². The third kappa shape index (κ3) is 3.38. The zero-order valence-corrected chi connectivity index (χ0v) is 11.7. The first-order valence-electron chi connectivity index (χ1n) is 5.66. The zero-order chi connectivity index (χ0) is 13.0. The molecule has 0 aliphatic carbocycles. The largest absolute Gasteiger partial charge is 0.375 e. The van der Waals surface area contributed by atoms with Crippen LogP contribution in [0.25, 0.3) is 0 Å². The van der Waals surface area contributed by atoms with Gasteiger partial charge in [0.1, 0.15) is 16.6 Å². The molecule has 0 saturated carbocycles. The van der Waals surface area contributed by atoms with E-state index in [-0.39, 0.29) is 12.5 Å². The monoisotopic (exact) mass is 290 g/mol. The van der Waals surface area contributed by atoms with Crippen LogP contribution in [0.4, 0.5) is 0 Å². The number of carbonyl (C=O) groups is 1. The number of rotatable bonds is 4. The lowest BCUT2D eigenvalue weighted by atomic mass is 10.3. The lowest BCUT2D eigenvalue weighted by molar-refractivity contribution is -0.136. The fourth-order valence-electron chi connectivity index (χ4n) is 1.87. The fraction of sp³-hybridized carbons (Fsp3) is 0.700. The smallest absolute Gasteiger partial charge is 0.248 e. The van der Waals surface area contributed by atoms with Gasteiger partial charge in [-0.05, 0) is 0 Å². The molecule has 1 aromatic heterocycles. The first-order chi connectivity index (χ1) is 8.70. The van der Waals surface area contributed by atoms with Crippen LogP contribution in [0.15, 0.2) is 0 Å². The van der Waals surface area contributed by atoms with Gasteiger partial charge in [-0.25, -0.2) is 0 Å². The standard InChI is InChI=1S/C10H15ClN4O2S/c1-17-7-9(16)15-4-2-14(3-5-15)6-8-10(11)18-13-12-8/h2-7H2,1H3. The van der Waals surface area contributed by atoms with Crippen LogP contribution in [0.2, 0.25) is 4.34 Å². The highest BCUT2D eigenvalue weighted by Crippen LogP contribution is 2.19. The molecule has 18 heavy (non-hydrogen) atoms. The molecule has 1 aliphatic heterocycles. The molecule has 0 spiro atoms. The Hall–Kier alpha value is -0.760. The third-order valence-electron chi connectivity index (χ3n) is 2.88. The Balaban J connectivity index is 1.80. The Labute approximate surface area is 115 Å². The first kappa shape index (κ1) is 13.7. The quantitative estimate of drug-likeness (QED) is 0.807. The topological polar surface area (TPSA) is 58.6 Å². The molecule has 1 aromatic rings. The number of amides is 1. The van der Waals surface area contributed by atoms with E-state index < -0.39 is 0 Å². The van der Waals surface area contributed by atoms with Crippen LogP contribution in [0.1, 0.15) is 5.69 Å². The minimum absolute atomic E-state index is 0.0468. The van der Waals surface area contributed by atoms with Crippen molar-refractivity contribution in [2.75, 3.05) is 39.9 Å². The minimum Gasteiger partial charge on any atom is -0.375 e. The number of methoxy groups -OCH3 is 1. The molecule has 8 heteroatoms. The van der Waals surface area contributed by atoms with E-state index in [0.29, 0.717) is 10.9 Å². The van der Waals surface area contributed by atoms with E-state index in [4.69, 9.17) is 16.3 Å². The maximum atomic E-state index is 11.6. The second-order valence-corrected chi connectivity index (χ2v) is 5.44. The van der Waals surface area contributed by atoms with Crippen molar-refractivity contribution >= 4 is 29.0 Å². The summed E-state index contributed by atoms with van der Waals surface area (Å²) in [6.45, 7) is 3.94. The van der Waals surface area contributed by atoms with Crippen molar-refractivity contribution in [1.82, 2.24) is 19.4 Å². The van der Waals surface area contributed by atoms with Gasteiger partial charge in [-0.2, -0.15) is 0 Å². The van der Waals surface area contributed by atoms with E-state index in [2.05, 4.69) is 14.5 Å². The molecule has 0 radical (unpaired) electrons. The highest BCUT2D eigenvalue weighted by molar-refractivity contribution is 7.10. The number of ether oxygens (including phenoxy) is 1. The van der Waals surface area contributed by atoms with Crippen molar-refractivity contribution < 1.29 is 9.53 Å². The van der Waals surface area contributed by atoms with Gasteiger partial charge in [0.25, 0.3) is 0 Å². The van der Waals surface area contributed by atoms with Crippen molar-refractivity contribution in [2.24, 2.45) is 0 Å². The van der Waals surface area contributed by atoms with Crippen LogP contribution in [-0.4, -0.2) is 65.2 Å². The molecule has 100 valence electrons. The number of halogens is 1. The summed E-state index contributed by atoms with van der Waals surface area (Å²) in [5.41, 5.74) is 0.818. The van der Waals surface area contributed by atoms with Gasteiger partial charge >= 0.3 is 0 Å². The Bertz CT molecular complexity index is 406. The molecule has 1 aliphatic rings. The number of hydrogen-bond donors (Lipinski definition) is 0. The molecular formula is C10H15ClN4O2S. The number of carbonyl (C=O) groups excluding carboxylic acids is 1. The summed E-state index contributed by atoms with van der Waals surface area (Å²) in [7, 11) is 1.53. The SMILES string of the molecule is COCC(=O)N1CCN(Cc2nnsc2Cl)CC1. The lowest BCUT2D eigenvalue weighted by Crippen LogP contribution is -2.49. The Morgan fingerprint density at radius 3 is 2.72 bits per heavy atom. The summed E-state index contributed by atoms with van der Waals surface area (Å²) >= 11 is 7.17. The van der Waals surface area contributed by atoms with Gasteiger partial charge in [-0.15, -0.1) is 5.10 Å².